The van der Waals surface area contributed by atoms with Crippen LogP contribution >= 0.6 is 0 Å². The number of hydrogen-bond acceptors (Lipinski definition) is 2. The highest BCUT2D eigenvalue weighted by atomic mass is 19.1. The summed E-state index contributed by atoms with van der Waals surface area (Å²) in [5.41, 5.74) is 0.674. The Morgan fingerprint density at radius 1 is 1.38 bits per heavy atom. The quantitative estimate of drug-likeness (QED) is 0.787. The maximum absolute atomic E-state index is 13.3. The van der Waals surface area contributed by atoms with Crippen LogP contribution < -0.4 is 0 Å². The molecule has 0 aliphatic carbocycles. The SMILES string of the molecule is Cc1cc(F)cc(C2(O)CCCN(C)C2)c1. The van der Waals surface area contributed by atoms with Gasteiger partial charge in [0.1, 0.15) is 11.4 Å². The zero-order chi connectivity index (χ0) is 11.8. The second-order valence-corrected chi connectivity index (χ2v) is 4.89. The molecular formula is C13H18FNO. The van der Waals surface area contributed by atoms with Crippen LogP contribution in [0.4, 0.5) is 4.39 Å². The first kappa shape index (κ1) is 11.6. The minimum atomic E-state index is -0.889. The van der Waals surface area contributed by atoms with E-state index in [1.165, 1.54) is 12.1 Å². The van der Waals surface area contributed by atoms with Crippen molar-refractivity contribution in [1.82, 2.24) is 4.90 Å². The molecule has 0 amide bonds. The van der Waals surface area contributed by atoms with Gasteiger partial charge in [-0.15, -0.1) is 0 Å². The normalized spacial score (nSPS) is 27.0. The number of halogens is 1. The molecule has 88 valence electrons. The minimum absolute atomic E-state index is 0.267. The van der Waals surface area contributed by atoms with E-state index in [-0.39, 0.29) is 5.82 Å². The molecule has 1 aromatic carbocycles. The van der Waals surface area contributed by atoms with Crippen LogP contribution in [-0.2, 0) is 5.60 Å². The highest BCUT2D eigenvalue weighted by Crippen LogP contribution is 2.31. The fourth-order valence-electron chi connectivity index (χ4n) is 2.49. The molecule has 1 fully saturated rings. The van der Waals surface area contributed by atoms with Crippen molar-refractivity contribution in [3.05, 3.63) is 35.1 Å². The van der Waals surface area contributed by atoms with Crippen LogP contribution in [0.3, 0.4) is 0 Å². The van der Waals surface area contributed by atoms with Gasteiger partial charge in [0.15, 0.2) is 0 Å². The maximum atomic E-state index is 13.3. The van der Waals surface area contributed by atoms with Gasteiger partial charge in [0.25, 0.3) is 0 Å². The molecule has 1 aliphatic heterocycles. The van der Waals surface area contributed by atoms with Gasteiger partial charge in [-0.2, -0.15) is 0 Å². The summed E-state index contributed by atoms with van der Waals surface area (Å²) in [4.78, 5) is 2.09. The number of hydrogen-bond donors (Lipinski definition) is 1. The Kier molecular flexibility index (Phi) is 3.00. The van der Waals surface area contributed by atoms with Gasteiger partial charge in [-0.3, -0.25) is 0 Å². The summed E-state index contributed by atoms with van der Waals surface area (Å²) in [5, 5.41) is 10.6. The Morgan fingerprint density at radius 3 is 2.75 bits per heavy atom. The van der Waals surface area contributed by atoms with Gasteiger partial charge in [-0.25, -0.2) is 4.39 Å². The number of benzene rings is 1. The first-order chi connectivity index (χ1) is 7.49. The lowest BCUT2D eigenvalue weighted by molar-refractivity contribution is -0.0280. The molecule has 1 heterocycles. The number of likely N-dealkylation sites (tertiary alicyclic amines) is 1. The maximum Gasteiger partial charge on any atom is 0.123 e. The van der Waals surface area contributed by atoms with Crippen LogP contribution in [0.1, 0.15) is 24.0 Å². The van der Waals surface area contributed by atoms with Gasteiger partial charge in [-0.05, 0) is 56.6 Å². The van der Waals surface area contributed by atoms with Gasteiger partial charge in [-0.1, -0.05) is 6.07 Å². The predicted molar refractivity (Wildman–Crippen MR) is 61.8 cm³/mol. The molecule has 2 nitrogen and oxygen atoms in total. The number of β-amino-alcohol motifs (C(OH)–C–C–N with tert-alkyl or cyclic N) is 1. The molecule has 0 bridgehead atoms. The number of nitrogens with zero attached hydrogens (tertiary/aromatic N) is 1. The van der Waals surface area contributed by atoms with E-state index in [2.05, 4.69) is 4.90 Å². The third-order valence-corrected chi connectivity index (χ3v) is 3.24. The van der Waals surface area contributed by atoms with E-state index < -0.39 is 5.60 Å². The minimum Gasteiger partial charge on any atom is -0.384 e. The van der Waals surface area contributed by atoms with E-state index in [1.807, 2.05) is 20.0 Å². The summed E-state index contributed by atoms with van der Waals surface area (Å²) in [6.45, 7) is 3.43. The average molecular weight is 223 g/mol. The van der Waals surface area contributed by atoms with Crippen LogP contribution in [0.2, 0.25) is 0 Å². The Morgan fingerprint density at radius 2 is 2.12 bits per heavy atom. The zero-order valence-electron chi connectivity index (χ0n) is 9.83. The van der Waals surface area contributed by atoms with Crippen LogP contribution in [0.25, 0.3) is 0 Å². The van der Waals surface area contributed by atoms with Gasteiger partial charge in [0.2, 0.25) is 0 Å². The lowest BCUT2D eigenvalue weighted by atomic mass is 9.85. The Balaban J connectivity index is 2.34. The summed E-state index contributed by atoms with van der Waals surface area (Å²) in [6, 6.07) is 4.81. The Hall–Kier alpha value is -0.930. The van der Waals surface area contributed by atoms with Gasteiger partial charge < -0.3 is 10.0 Å². The monoisotopic (exact) mass is 223 g/mol. The molecule has 1 atom stereocenters. The van der Waals surface area contributed by atoms with E-state index in [1.54, 1.807) is 0 Å². The topological polar surface area (TPSA) is 23.5 Å². The molecule has 1 unspecified atom stereocenters. The fraction of sp³-hybridized carbons (Fsp3) is 0.538. The van der Waals surface area contributed by atoms with Crippen LogP contribution in [0.5, 0.6) is 0 Å². The van der Waals surface area contributed by atoms with Gasteiger partial charge in [0, 0.05) is 6.54 Å². The zero-order valence-corrected chi connectivity index (χ0v) is 9.83. The number of likely N-dealkylation sites (N-methyl/N-ethyl adjacent to an activating group) is 1. The summed E-state index contributed by atoms with van der Waals surface area (Å²) in [7, 11) is 1.98. The first-order valence-electron chi connectivity index (χ1n) is 5.68. The van der Waals surface area contributed by atoms with Crippen molar-refractivity contribution < 1.29 is 9.50 Å². The lowest BCUT2D eigenvalue weighted by Gasteiger charge is -2.38. The second kappa shape index (κ2) is 4.15. The fourth-order valence-corrected chi connectivity index (χ4v) is 2.49. The number of aliphatic hydroxyl groups is 1. The number of aryl methyl sites for hydroxylation is 1. The molecule has 1 saturated heterocycles. The summed E-state index contributed by atoms with van der Waals surface area (Å²) in [6.07, 6.45) is 1.66. The number of piperidine rings is 1. The molecule has 0 aromatic heterocycles. The van der Waals surface area contributed by atoms with E-state index in [9.17, 15) is 9.50 Å². The molecule has 1 N–H and O–H groups in total. The molecule has 0 saturated carbocycles. The molecule has 3 heteroatoms. The third-order valence-electron chi connectivity index (χ3n) is 3.24. The van der Waals surface area contributed by atoms with Gasteiger partial charge in [0.05, 0.1) is 0 Å². The highest BCUT2D eigenvalue weighted by molar-refractivity contribution is 5.29. The van der Waals surface area contributed by atoms with Crippen molar-refractivity contribution in [2.75, 3.05) is 20.1 Å². The highest BCUT2D eigenvalue weighted by Gasteiger charge is 2.33. The predicted octanol–water partition coefficient (Wildman–Crippen LogP) is 2.05. The first-order valence-corrected chi connectivity index (χ1v) is 5.68. The molecule has 0 radical (unpaired) electrons. The Bertz CT molecular complexity index is 373. The Labute approximate surface area is 95.7 Å². The van der Waals surface area contributed by atoms with Crippen molar-refractivity contribution in [2.45, 2.75) is 25.4 Å². The van der Waals surface area contributed by atoms with Crippen molar-refractivity contribution >= 4 is 0 Å². The molecule has 16 heavy (non-hydrogen) atoms. The van der Waals surface area contributed by atoms with Crippen LogP contribution in [-0.4, -0.2) is 30.1 Å². The largest absolute Gasteiger partial charge is 0.384 e. The molecule has 2 rings (SSSR count). The average Bonchev–Trinajstić information content (AvgIpc) is 2.15. The molecule has 0 spiro atoms. The second-order valence-electron chi connectivity index (χ2n) is 4.89. The van der Waals surface area contributed by atoms with Gasteiger partial charge >= 0.3 is 0 Å². The van der Waals surface area contributed by atoms with Crippen molar-refractivity contribution in [3.63, 3.8) is 0 Å². The third kappa shape index (κ3) is 2.25. The van der Waals surface area contributed by atoms with Crippen LogP contribution in [0, 0.1) is 12.7 Å². The summed E-state index contributed by atoms with van der Waals surface area (Å²) < 4.78 is 13.3. The standard InChI is InChI=1S/C13H18FNO/c1-10-6-11(8-12(14)7-10)13(16)4-3-5-15(2)9-13/h6-8,16H,3-5,9H2,1-2H3. The number of rotatable bonds is 1. The summed E-state index contributed by atoms with van der Waals surface area (Å²) >= 11 is 0. The van der Waals surface area contributed by atoms with E-state index in [0.29, 0.717) is 18.5 Å². The van der Waals surface area contributed by atoms with E-state index in [4.69, 9.17) is 0 Å². The smallest absolute Gasteiger partial charge is 0.123 e. The molecule has 1 aromatic rings. The molecule has 1 aliphatic rings. The van der Waals surface area contributed by atoms with Crippen molar-refractivity contribution in [2.24, 2.45) is 0 Å². The van der Waals surface area contributed by atoms with E-state index >= 15 is 0 Å². The van der Waals surface area contributed by atoms with Crippen molar-refractivity contribution in [1.29, 1.82) is 0 Å². The van der Waals surface area contributed by atoms with Crippen molar-refractivity contribution in [3.8, 4) is 0 Å². The van der Waals surface area contributed by atoms with E-state index in [0.717, 1.165) is 18.5 Å². The molecular weight excluding hydrogens is 205 g/mol. The van der Waals surface area contributed by atoms with Crippen LogP contribution in [0.15, 0.2) is 18.2 Å². The lowest BCUT2D eigenvalue weighted by Crippen LogP contribution is -2.44. The summed E-state index contributed by atoms with van der Waals surface area (Å²) in [5.74, 6) is -0.267.